The standard InChI is InChI=1S/C15H22N4O/c1-12-10-14(19(2)18-12)11-13(17-16)8-9-20-15-6-4-3-5-7-15/h3-7,10,13,17H,8-9,11,16H2,1-2H3. The van der Waals surface area contributed by atoms with Crippen LogP contribution in [0.2, 0.25) is 0 Å². The third-order valence-electron chi connectivity index (χ3n) is 3.27. The first-order valence-corrected chi connectivity index (χ1v) is 6.82. The maximum atomic E-state index is 5.69. The molecule has 0 fully saturated rings. The average molecular weight is 274 g/mol. The van der Waals surface area contributed by atoms with Crippen LogP contribution in [-0.2, 0) is 13.5 Å². The molecule has 0 amide bonds. The SMILES string of the molecule is Cc1cc(CC(CCOc2ccccc2)NN)n(C)n1. The van der Waals surface area contributed by atoms with Gasteiger partial charge in [0.1, 0.15) is 5.75 Å². The normalized spacial score (nSPS) is 12.3. The van der Waals surface area contributed by atoms with Crippen LogP contribution < -0.4 is 16.0 Å². The fraction of sp³-hybridized carbons (Fsp3) is 0.400. The van der Waals surface area contributed by atoms with Crippen molar-refractivity contribution < 1.29 is 4.74 Å². The van der Waals surface area contributed by atoms with Gasteiger partial charge in [-0.1, -0.05) is 18.2 Å². The molecule has 1 aromatic heterocycles. The number of ether oxygens (including phenoxy) is 1. The number of hydrogen-bond acceptors (Lipinski definition) is 4. The topological polar surface area (TPSA) is 65.1 Å². The van der Waals surface area contributed by atoms with E-state index in [-0.39, 0.29) is 6.04 Å². The second-order valence-electron chi connectivity index (χ2n) is 4.92. The van der Waals surface area contributed by atoms with E-state index in [0.717, 1.165) is 24.3 Å². The maximum Gasteiger partial charge on any atom is 0.119 e. The zero-order valence-electron chi connectivity index (χ0n) is 12.0. The Hall–Kier alpha value is -1.85. The van der Waals surface area contributed by atoms with Crippen molar-refractivity contribution in [3.05, 3.63) is 47.8 Å². The first-order chi connectivity index (χ1) is 9.69. The summed E-state index contributed by atoms with van der Waals surface area (Å²) in [4.78, 5) is 0. The van der Waals surface area contributed by atoms with Crippen LogP contribution in [0.5, 0.6) is 5.75 Å². The average Bonchev–Trinajstić information content (AvgIpc) is 2.77. The molecule has 1 aromatic carbocycles. The number of rotatable bonds is 7. The molecule has 0 aliphatic carbocycles. The van der Waals surface area contributed by atoms with Gasteiger partial charge in [-0.15, -0.1) is 0 Å². The smallest absolute Gasteiger partial charge is 0.119 e. The molecule has 0 radical (unpaired) electrons. The van der Waals surface area contributed by atoms with Gasteiger partial charge in [0.15, 0.2) is 0 Å². The number of nitrogens with two attached hydrogens (primary N) is 1. The van der Waals surface area contributed by atoms with Crippen LogP contribution in [0.25, 0.3) is 0 Å². The molecule has 2 aromatic rings. The molecule has 0 saturated heterocycles. The predicted molar refractivity (Wildman–Crippen MR) is 79.3 cm³/mol. The summed E-state index contributed by atoms with van der Waals surface area (Å²) < 4.78 is 7.59. The van der Waals surface area contributed by atoms with Crippen molar-refractivity contribution in [2.24, 2.45) is 12.9 Å². The van der Waals surface area contributed by atoms with Gasteiger partial charge in [0.25, 0.3) is 0 Å². The summed E-state index contributed by atoms with van der Waals surface area (Å²) in [6.07, 6.45) is 1.68. The van der Waals surface area contributed by atoms with Crippen LogP contribution in [0, 0.1) is 6.92 Å². The van der Waals surface area contributed by atoms with E-state index < -0.39 is 0 Å². The van der Waals surface area contributed by atoms with Gasteiger partial charge in [0, 0.05) is 25.2 Å². The highest BCUT2D eigenvalue weighted by atomic mass is 16.5. The lowest BCUT2D eigenvalue weighted by molar-refractivity contribution is 0.284. The van der Waals surface area contributed by atoms with Gasteiger partial charge >= 0.3 is 0 Å². The minimum absolute atomic E-state index is 0.175. The van der Waals surface area contributed by atoms with Crippen molar-refractivity contribution in [3.63, 3.8) is 0 Å². The van der Waals surface area contributed by atoms with Crippen molar-refractivity contribution in [3.8, 4) is 5.75 Å². The maximum absolute atomic E-state index is 5.69. The van der Waals surface area contributed by atoms with E-state index in [0.29, 0.717) is 6.61 Å². The Kier molecular flexibility index (Phi) is 5.15. The monoisotopic (exact) mass is 274 g/mol. The number of nitrogens with one attached hydrogen (secondary N) is 1. The van der Waals surface area contributed by atoms with Crippen LogP contribution in [0.1, 0.15) is 17.8 Å². The van der Waals surface area contributed by atoms with Gasteiger partial charge < -0.3 is 4.74 Å². The molecule has 0 spiro atoms. The summed E-state index contributed by atoms with van der Waals surface area (Å²) in [5.41, 5.74) is 5.05. The minimum atomic E-state index is 0.175. The minimum Gasteiger partial charge on any atom is -0.494 e. The van der Waals surface area contributed by atoms with Gasteiger partial charge in [0.05, 0.1) is 12.3 Å². The summed E-state index contributed by atoms with van der Waals surface area (Å²) >= 11 is 0. The molecule has 108 valence electrons. The van der Waals surface area contributed by atoms with Crippen LogP contribution in [0.15, 0.2) is 36.4 Å². The summed E-state index contributed by atoms with van der Waals surface area (Å²) in [6.45, 7) is 2.63. The molecule has 0 aliphatic heterocycles. The Labute approximate surface area is 119 Å². The van der Waals surface area contributed by atoms with Gasteiger partial charge in [-0.05, 0) is 31.5 Å². The van der Waals surface area contributed by atoms with Crippen LogP contribution >= 0.6 is 0 Å². The molecule has 0 bridgehead atoms. The Morgan fingerprint density at radius 3 is 2.70 bits per heavy atom. The molecule has 3 N–H and O–H groups in total. The number of aromatic nitrogens is 2. The van der Waals surface area contributed by atoms with E-state index in [9.17, 15) is 0 Å². The molecular weight excluding hydrogens is 252 g/mol. The third-order valence-corrected chi connectivity index (χ3v) is 3.27. The summed E-state index contributed by atoms with van der Waals surface area (Å²) in [6, 6.07) is 12.1. The summed E-state index contributed by atoms with van der Waals surface area (Å²) in [5.74, 6) is 6.51. The lowest BCUT2D eigenvalue weighted by Gasteiger charge is -2.16. The first kappa shape index (κ1) is 14.6. The number of benzene rings is 1. The largest absolute Gasteiger partial charge is 0.494 e. The lowest BCUT2D eigenvalue weighted by atomic mass is 10.1. The van der Waals surface area contributed by atoms with Crippen molar-refractivity contribution in [2.75, 3.05) is 6.61 Å². The number of hydrogen-bond donors (Lipinski definition) is 2. The molecule has 1 unspecified atom stereocenters. The van der Waals surface area contributed by atoms with Crippen LogP contribution in [0.4, 0.5) is 0 Å². The van der Waals surface area contributed by atoms with E-state index in [1.165, 1.54) is 5.69 Å². The van der Waals surface area contributed by atoms with Gasteiger partial charge in [0.2, 0.25) is 0 Å². The Bertz CT molecular complexity index is 524. The molecular formula is C15H22N4O. The van der Waals surface area contributed by atoms with Crippen LogP contribution in [0.3, 0.4) is 0 Å². The van der Waals surface area contributed by atoms with E-state index >= 15 is 0 Å². The Balaban J connectivity index is 1.82. The number of nitrogens with zero attached hydrogens (tertiary/aromatic N) is 2. The van der Waals surface area contributed by atoms with Gasteiger partial charge in [-0.2, -0.15) is 5.10 Å². The van der Waals surface area contributed by atoms with Gasteiger partial charge in [-0.3, -0.25) is 16.0 Å². The van der Waals surface area contributed by atoms with E-state index in [1.54, 1.807) is 0 Å². The molecule has 1 atom stereocenters. The summed E-state index contributed by atoms with van der Waals surface area (Å²) in [7, 11) is 1.95. The number of para-hydroxylation sites is 1. The quantitative estimate of drug-likeness (QED) is 0.594. The number of aryl methyl sites for hydroxylation is 2. The van der Waals surface area contributed by atoms with Crippen molar-refractivity contribution in [2.45, 2.75) is 25.8 Å². The number of hydrazine groups is 1. The van der Waals surface area contributed by atoms with Crippen molar-refractivity contribution in [1.82, 2.24) is 15.2 Å². The van der Waals surface area contributed by atoms with Crippen LogP contribution in [-0.4, -0.2) is 22.4 Å². The highest BCUT2D eigenvalue weighted by Gasteiger charge is 2.11. The third kappa shape index (κ3) is 4.08. The first-order valence-electron chi connectivity index (χ1n) is 6.82. The molecule has 5 heteroatoms. The molecule has 2 rings (SSSR count). The fourth-order valence-corrected chi connectivity index (χ4v) is 2.19. The Morgan fingerprint density at radius 2 is 2.10 bits per heavy atom. The van der Waals surface area contributed by atoms with E-state index in [4.69, 9.17) is 10.6 Å². The summed E-state index contributed by atoms with van der Waals surface area (Å²) in [5, 5.41) is 4.34. The zero-order valence-corrected chi connectivity index (χ0v) is 12.0. The fourth-order valence-electron chi connectivity index (χ4n) is 2.19. The highest BCUT2D eigenvalue weighted by Crippen LogP contribution is 2.11. The second kappa shape index (κ2) is 7.07. The van der Waals surface area contributed by atoms with Crippen molar-refractivity contribution >= 4 is 0 Å². The lowest BCUT2D eigenvalue weighted by Crippen LogP contribution is -2.38. The van der Waals surface area contributed by atoms with E-state index in [1.807, 2.05) is 49.0 Å². The van der Waals surface area contributed by atoms with E-state index in [2.05, 4.69) is 16.6 Å². The van der Waals surface area contributed by atoms with Crippen molar-refractivity contribution in [1.29, 1.82) is 0 Å². The predicted octanol–water partition coefficient (Wildman–Crippen LogP) is 1.57. The molecule has 20 heavy (non-hydrogen) atoms. The Morgan fingerprint density at radius 1 is 1.35 bits per heavy atom. The highest BCUT2D eigenvalue weighted by molar-refractivity contribution is 5.20. The molecule has 0 saturated carbocycles. The second-order valence-corrected chi connectivity index (χ2v) is 4.92. The van der Waals surface area contributed by atoms with Gasteiger partial charge in [-0.25, -0.2) is 0 Å². The molecule has 0 aliphatic rings. The zero-order chi connectivity index (χ0) is 14.4. The molecule has 5 nitrogen and oxygen atoms in total. The molecule has 1 heterocycles.